The molecule has 1 fully saturated rings. The van der Waals surface area contributed by atoms with Crippen LogP contribution in [0.1, 0.15) is 57.4 Å². The second kappa shape index (κ2) is 5.19. The number of nitrogens with zero attached hydrogens (tertiary/aromatic N) is 2. The third kappa shape index (κ3) is 2.42. The van der Waals surface area contributed by atoms with Crippen molar-refractivity contribution < 1.29 is 9.84 Å². The molecule has 18 heavy (non-hydrogen) atoms. The van der Waals surface area contributed by atoms with Gasteiger partial charge in [0.15, 0.2) is 0 Å². The molecule has 5 heteroatoms. The Labute approximate surface area is 113 Å². The lowest BCUT2D eigenvalue weighted by Crippen LogP contribution is -2.40. The summed E-state index contributed by atoms with van der Waals surface area (Å²) >= 11 is 6.13. The number of aliphatic hydroxyl groups excluding tert-OH is 1. The maximum Gasteiger partial charge on any atom is 0.0999 e. The van der Waals surface area contributed by atoms with Crippen molar-refractivity contribution in [1.29, 1.82) is 0 Å². The fourth-order valence-corrected chi connectivity index (χ4v) is 2.84. The summed E-state index contributed by atoms with van der Waals surface area (Å²) in [4.78, 5) is 0. The fraction of sp³-hybridized carbons (Fsp3) is 0.769. The molecule has 102 valence electrons. The van der Waals surface area contributed by atoms with Crippen LogP contribution in [0.3, 0.4) is 0 Å². The van der Waals surface area contributed by atoms with Crippen LogP contribution in [0.2, 0.25) is 5.02 Å². The van der Waals surface area contributed by atoms with E-state index < -0.39 is 6.10 Å². The molecule has 0 aromatic carbocycles. The van der Waals surface area contributed by atoms with Gasteiger partial charge in [-0.3, -0.25) is 4.68 Å². The molecular weight excluding hydrogens is 252 g/mol. The van der Waals surface area contributed by atoms with Gasteiger partial charge < -0.3 is 9.84 Å². The summed E-state index contributed by atoms with van der Waals surface area (Å²) in [7, 11) is 1.72. The lowest BCUT2D eigenvalue weighted by molar-refractivity contribution is -0.101. The van der Waals surface area contributed by atoms with Gasteiger partial charge in [0.1, 0.15) is 0 Å². The number of aromatic nitrogens is 2. The highest BCUT2D eigenvalue weighted by Gasteiger charge is 2.40. The highest BCUT2D eigenvalue weighted by Crippen LogP contribution is 2.42. The van der Waals surface area contributed by atoms with Crippen LogP contribution >= 0.6 is 11.6 Å². The first-order chi connectivity index (χ1) is 8.49. The molecule has 0 saturated heterocycles. The summed E-state index contributed by atoms with van der Waals surface area (Å²) in [6.45, 7) is 4.05. The first-order valence-corrected chi connectivity index (χ1v) is 6.83. The molecule has 1 N–H and O–H groups in total. The van der Waals surface area contributed by atoms with Crippen molar-refractivity contribution in [3.05, 3.63) is 16.9 Å². The molecule has 4 nitrogen and oxygen atoms in total. The van der Waals surface area contributed by atoms with Gasteiger partial charge in [0.25, 0.3) is 0 Å². The molecule has 0 radical (unpaired) electrons. The third-order valence-corrected chi connectivity index (χ3v) is 4.15. The van der Waals surface area contributed by atoms with E-state index in [-0.39, 0.29) is 11.6 Å². The quantitative estimate of drug-likeness (QED) is 0.896. The van der Waals surface area contributed by atoms with E-state index in [9.17, 15) is 5.11 Å². The molecule has 1 atom stereocenters. The summed E-state index contributed by atoms with van der Waals surface area (Å²) in [6.07, 6.45) is 4.74. The Morgan fingerprint density at radius 1 is 1.56 bits per heavy atom. The minimum Gasteiger partial charge on any atom is -0.387 e. The van der Waals surface area contributed by atoms with E-state index in [4.69, 9.17) is 16.3 Å². The Kier molecular flexibility index (Phi) is 3.99. The van der Waals surface area contributed by atoms with Crippen LogP contribution in [0.5, 0.6) is 0 Å². The summed E-state index contributed by atoms with van der Waals surface area (Å²) in [5.74, 6) is 0. The number of hydrogen-bond acceptors (Lipinski definition) is 3. The number of ether oxygens (including phenoxy) is 1. The van der Waals surface area contributed by atoms with Crippen molar-refractivity contribution in [3.63, 3.8) is 0 Å². The van der Waals surface area contributed by atoms with E-state index in [2.05, 4.69) is 5.10 Å². The van der Waals surface area contributed by atoms with Crippen molar-refractivity contribution >= 4 is 11.6 Å². The smallest absolute Gasteiger partial charge is 0.0999 e. The van der Waals surface area contributed by atoms with Gasteiger partial charge in [0, 0.05) is 19.6 Å². The minimum atomic E-state index is -0.623. The molecule has 1 aliphatic carbocycles. The van der Waals surface area contributed by atoms with Crippen LogP contribution in [0.4, 0.5) is 0 Å². The molecule has 0 bridgehead atoms. The zero-order valence-electron chi connectivity index (χ0n) is 11.2. The second-order valence-electron chi connectivity index (χ2n) is 5.38. The highest BCUT2D eigenvalue weighted by atomic mass is 35.5. The Balaban J connectivity index is 2.18. The van der Waals surface area contributed by atoms with Crippen LogP contribution in [-0.4, -0.2) is 27.6 Å². The predicted octanol–water partition coefficient (Wildman–Crippen LogP) is 3.11. The first-order valence-electron chi connectivity index (χ1n) is 6.45. The minimum absolute atomic E-state index is 0.172. The summed E-state index contributed by atoms with van der Waals surface area (Å²) < 4.78 is 7.34. The first kappa shape index (κ1) is 13.8. The molecule has 1 aromatic heterocycles. The molecular formula is C13H21ClN2O2. The fourth-order valence-electron chi connectivity index (χ4n) is 2.59. The average molecular weight is 273 g/mol. The zero-order chi connectivity index (χ0) is 13.3. The van der Waals surface area contributed by atoms with E-state index in [1.807, 2.05) is 13.8 Å². The van der Waals surface area contributed by atoms with Crippen LogP contribution in [0, 0.1) is 0 Å². The van der Waals surface area contributed by atoms with Crippen LogP contribution in [0.25, 0.3) is 0 Å². The van der Waals surface area contributed by atoms with Crippen LogP contribution in [-0.2, 0) is 4.74 Å². The molecule has 0 spiro atoms. The maximum atomic E-state index is 10.4. The van der Waals surface area contributed by atoms with Gasteiger partial charge >= 0.3 is 0 Å². The number of rotatable bonds is 5. The molecule has 1 saturated carbocycles. The van der Waals surface area contributed by atoms with Crippen molar-refractivity contribution in [1.82, 2.24) is 9.78 Å². The van der Waals surface area contributed by atoms with Gasteiger partial charge in [0.2, 0.25) is 0 Å². The van der Waals surface area contributed by atoms with E-state index >= 15 is 0 Å². The highest BCUT2D eigenvalue weighted by molar-refractivity contribution is 6.31. The lowest BCUT2D eigenvalue weighted by Gasteiger charge is -2.42. The van der Waals surface area contributed by atoms with Gasteiger partial charge in [-0.05, 0) is 33.1 Å². The van der Waals surface area contributed by atoms with Crippen molar-refractivity contribution in [3.8, 4) is 0 Å². The predicted molar refractivity (Wildman–Crippen MR) is 70.8 cm³/mol. The normalized spacial score (nSPS) is 19.9. The standard InChI is InChI=1S/C13H21ClN2O2/c1-9(2)16-12(10(14)8-15-16)11(17)7-13(18-3)5-4-6-13/h8-9,11,17H,4-7H2,1-3H3. The van der Waals surface area contributed by atoms with E-state index in [0.29, 0.717) is 17.1 Å². The molecule has 0 aliphatic heterocycles. The van der Waals surface area contributed by atoms with Crippen LogP contribution in [0.15, 0.2) is 6.20 Å². The summed E-state index contributed by atoms with van der Waals surface area (Å²) in [5.41, 5.74) is 0.532. The van der Waals surface area contributed by atoms with E-state index in [1.54, 1.807) is 18.0 Å². The topological polar surface area (TPSA) is 47.3 Å². The van der Waals surface area contributed by atoms with Gasteiger partial charge in [-0.25, -0.2) is 0 Å². The molecule has 1 aliphatic rings. The molecule has 1 aromatic rings. The molecule has 2 rings (SSSR count). The largest absolute Gasteiger partial charge is 0.387 e. The number of halogens is 1. The Morgan fingerprint density at radius 2 is 2.22 bits per heavy atom. The molecule has 0 amide bonds. The number of hydrogen-bond donors (Lipinski definition) is 1. The van der Waals surface area contributed by atoms with Gasteiger partial charge in [-0.15, -0.1) is 0 Å². The van der Waals surface area contributed by atoms with Gasteiger partial charge in [-0.2, -0.15) is 5.10 Å². The Bertz CT molecular complexity index is 408. The SMILES string of the molecule is COC1(CC(O)c2c(Cl)cnn2C(C)C)CCC1. The molecule has 1 heterocycles. The number of aliphatic hydroxyl groups is 1. The zero-order valence-corrected chi connectivity index (χ0v) is 11.9. The van der Waals surface area contributed by atoms with E-state index in [0.717, 1.165) is 19.3 Å². The number of methoxy groups -OCH3 is 1. The van der Waals surface area contributed by atoms with Crippen LogP contribution < -0.4 is 0 Å². The molecule has 1 unspecified atom stereocenters. The van der Waals surface area contributed by atoms with Gasteiger partial charge in [0.05, 0.1) is 28.6 Å². The second-order valence-corrected chi connectivity index (χ2v) is 5.78. The lowest BCUT2D eigenvalue weighted by atomic mass is 9.76. The monoisotopic (exact) mass is 272 g/mol. The van der Waals surface area contributed by atoms with Crippen molar-refractivity contribution in [2.24, 2.45) is 0 Å². The Hall–Kier alpha value is -0.580. The summed E-state index contributed by atoms with van der Waals surface area (Å²) in [5, 5.41) is 15.2. The van der Waals surface area contributed by atoms with E-state index in [1.165, 1.54) is 0 Å². The van der Waals surface area contributed by atoms with Gasteiger partial charge in [-0.1, -0.05) is 11.6 Å². The van der Waals surface area contributed by atoms with Crippen molar-refractivity contribution in [2.75, 3.05) is 7.11 Å². The Morgan fingerprint density at radius 3 is 2.67 bits per heavy atom. The third-order valence-electron chi connectivity index (χ3n) is 3.85. The van der Waals surface area contributed by atoms with Crippen molar-refractivity contribution in [2.45, 2.75) is 57.3 Å². The summed E-state index contributed by atoms with van der Waals surface area (Å²) in [6, 6.07) is 0.182. The maximum absolute atomic E-state index is 10.4. The average Bonchev–Trinajstić information content (AvgIpc) is 2.65.